The second-order valence-electron chi connectivity index (χ2n) is 2.97. The number of terminal acetylenes is 1. The third-order valence-corrected chi connectivity index (χ3v) is 2.03. The molecule has 1 rings (SSSR count). The van der Waals surface area contributed by atoms with Gasteiger partial charge in [-0.3, -0.25) is 4.79 Å². The minimum atomic E-state index is 0.0835. The molecule has 1 heterocycles. The Morgan fingerprint density at radius 1 is 1.75 bits per heavy atom. The largest absolute Gasteiger partial charge is 0.345 e. The Bertz CT molecular complexity index is 189. The van der Waals surface area contributed by atoms with E-state index in [-0.39, 0.29) is 11.8 Å². The van der Waals surface area contributed by atoms with Crippen molar-refractivity contribution in [1.82, 2.24) is 10.6 Å². The molecule has 0 aromatic carbocycles. The van der Waals surface area contributed by atoms with Gasteiger partial charge in [0.2, 0.25) is 5.91 Å². The summed E-state index contributed by atoms with van der Waals surface area (Å²) >= 11 is 0. The molecular formula is C9H14N2O. The normalized spacial score (nSPS) is 22.8. The molecule has 0 aromatic rings. The molecule has 66 valence electrons. The topological polar surface area (TPSA) is 41.1 Å². The number of piperidine rings is 1. The van der Waals surface area contributed by atoms with Gasteiger partial charge < -0.3 is 10.6 Å². The Morgan fingerprint density at radius 3 is 3.17 bits per heavy atom. The van der Waals surface area contributed by atoms with Crippen LogP contribution in [0.3, 0.4) is 0 Å². The summed E-state index contributed by atoms with van der Waals surface area (Å²) in [5.41, 5.74) is 0. The van der Waals surface area contributed by atoms with Crippen molar-refractivity contribution in [3.63, 3.8) is 0 Å². The van der Waals surface area contributed by atoms with Crippen LogP contribution in [0.1, 0.15) is 12.8 Å². The van der Waals surface area contributed by atoms with Gasteiger partial charge in [-0.25, -0.2) is 0 Å². The molecule has 1 atom stereocenters. The molecule has 0 saturated carbocycles. The monoisotopic (exact) mass is 166 g/mol. The first kappa shape index (κ1) is 9.08. The minimum Gasteiger partial charge on any atom is -0.345 e. The molecule has 3 heteroatoms. The fourth-order valence-corrected chi connectivity index (χ4v) is 1.36. The Balaban J connectivity index is 2.26. The van der Waals surface area contributed by atoms with E-state index in [4.69, 9.17) is 6.42 Å². The average molecular weight is 166 g/mol. The average Bonchev–Trinajstić information content (AvgIpc) is 2.15. The van der Waals surface area contributed by atoms with Gasteiger partial charge in [-0.1, -0.05) is 5.92 Å². The first-order valence-electron chi connectivity index (χ1n) is 4.26. The second kappa shape index (κ2) is 4.78. The van der Waals surface area contributed by atoms with E-state index in [9.17, 15) is 4.79 Å². The van der Waals surface area contributed by atoms with E-state index >= 15 is 0 Å². The van der Waals surface area contributed by atoms with Gasteiger partial charge in [0, 0.05) is 6.54 Å². The highest BCUT2D eigenvalue weighted by Gasteiger charge is 2.19. The number of nitrogens with one attached hydrogen (secondary N) is 2. The van der Waals surface area contributed by atoms with E-state index in [1.807, 2.05) is 0 Å². The third kappa shape index (κ3) is 2.55. The van der Waals surface area contributed by atoms with Crippen LogP contribution in [-0.2, 0) is 4.79 Å². The maximum atomic E-state index is 11.3. The number of carbonyl (C=O) groups is 1. The number of rotatable bonds is 2. The van der Waals surface area contributed by atoms with Gasteiger partial charge in [0.05, 0.1) is 12.5 Å². The fourth-order valence-electron chi connectivity index (χ4n) is 1.36. The summed E-state index contributed by atoms with van der Waals surface area (Å²) in [6, 6.07) is 0. The molecule has 0 spiro atoms. The maximum Gasteiger partial charge on any atom is 0.225 e. The number of hydrogen-bond acceptors (Lipinski definition) is 2. The molecule has 12 heavy (non-hydrogen) atoms. The molecule has 1 unspecified atom stereocenters. The van der Waals surface area contributed by atoms with Gasteiger partial charge in [-0.2, -0.15) is 0 Å². The van der Waals surface area contributed by atoms with Crippen molar-refractivity contribution in [2.45, 2.75) is 12.8 Å². The van der Waals surface area contributed by atoms with Crippen LogP contribution in [0.15, 0.2) is 0 Å². The van der Waals surface area contributed by atoms with Crippen molar-refractivity contribution in [1.29, 1.82) is 0 Å². The number of amides is 1. The lowest BCUT2D eigenvalue weighted by molar-refractivity contribution is -0.125. The van der Waals surface area contributed by atoms with Gasteiger partial charge in [0.25, 0.3) is 0 Å². The molecule has 3 nitrogen and oxygen atoms in total. The van der Waals surface area contributed by atoms with Crippen molar-refractivity contribution >= 4 is 5.91 Å². The summed E-state index contributed by atoms with van der Waals surface area (Å²) in [5, 5.41) is 5.87. The Kier molecular flexibility index (Phi) is 3.62. The molecule has 1 fully saturated rings. The van der Waals surface area contributed by atoms with Crippen molar-refractivity contribution < 1.29 is 4.79 Å². The van der Waals surface area contributed by atoms with Crippen LogP contribution in [0, 0.1) is 18.3 Å². The van der Waals surface area contributed by atoms with Crippen molar-refractivity contribution in [3.05, 3.63) is 0 Å². The number of carbonyl (C=O) groups excluding carboxylic acids is 1. The van der Waals surface area contributed by atoms with Gasteiger partial charge >= 0.3 is 0 Å². The molecule has 1 amide bonds. The zero-order chi connectivity index (χ0) is 8.81. The summed E-state index contributed by atoms with van der Waals surface area (Å²) in [4.78, 5) is 11.3. The van der Waals surface area contributed by atoms with Gasteiger partial charge in [0.1, 0.15) is 0 Å². The SMILES string of the molecule is C#CCNC(=O)C1CCCNC1. The minimum absolute atomic E-state index is 0.0835. The lowest BCUT2D eigenvalue weighted by Gasteiger charge is -2.21. The highest BCUT2D eigenvalue weighted by Crippen LogP contribution is 2.09. The fraction of sp³-hybridized carbons (Fsp3) is 0.667. The molecule has 0 aliphatic carbocycles. The lowest BCUT2D eigenvalue weighted by atomic mass is 9.99. The molecule has 0 aromatic heterocycles. The summed E-state index contributed by atoms with van der Waals surface area (Å²) in [5.74, 6) is 2.59. The summed E-state index contributed by atoms with van der Waals surface area (Å²) < 4.78 is 0. The van der Waals surface area contributed by atoms with Gasteiger partial charge in [-0.05, 0) is 19.4 Å². The van der Waals surface area contributed by atoms with Crippen LogP contribution in [-0.4, -0.2) is 25.5 Å². The van der Waals surface area contributed by atoms with E-state index in [0.717, 1.165) is 25.9 Å². The number of hydrogen-bond donors (Lipinski definition) is 2. The molecule has 0 bridgehead atoms. The third-order valence-electron chi connectivity index (χ3n) is 2.03. The predicted molar refractivity (Wildman–Crippen MR) is 47.4 cm³/mol. The molecule has 0 radical (unpaired) electrons. The first-order valence-corrected chi connectivity index (χ1v) is 4.26. The molecule has 1 aliphatic heterocycles. The molecular weight excluding hydrogens is 152 g/mol. The Morgan fingerprint density at radius 2 is 2.58 bits per heavy atom. The van der Waals surface area contributed by atoms with Crippen LogP contribution in [0.5, 0.6) is 0 Å². The zero-order valence-electron chi connectivity index (χ0n) is 7.10. The van der Waals surface area contributed by atoms with Crippen molar-refractivity contribution in [3.8, 4) is 12.3 Å². The van der Waals surface area contributed by atoms with Crippen LogP contribution in [0.4, 0.5) is 0 Å². The maximum absolute atomic E-state index is 11.3. The summed E-state index contributed by atoms with van der Waals surface area (Å²) in [6.07, 6.45) is 7.08. The van der Waals surface area contributed by atoms with Crippen LogP contribution in [0.2, 0.25) is 0 Å². The van der Waals surface area contributed by atoms with E-state index in [0.29, 0.717) is 6.54 Å². The van der Waals surface area contributed by atoms with E-state index in [1.54, 1.807) is 0 Å². The van der Waals surface area contributed by atoms with E-state index in [1.165, 1.54) is 0 Å². The standard InChI is InChI=1S/C9H14N2O/c1-2-5-11-9(12)8-4-3-6-10-7-8/h1,8,10H,3-7H2,(H,11,12). The zero-order valence-corrected chi connectivity index (χ0v) is 7.10. The first-order chi connectivity index (χ1) is 5.84. The van der Waals surface area contributed by atoms with Gasteiger partial charge in [0.15, 0.2) is 0 Å². The molecule has 2 N–H and O–H groups in total. The highest BCUT2D eigenvalue weighted by molar-refractivity contribution is 5.79. The molecule has 1 saturated heterocycles. The van der Waals surface area contributed by atoms with Gasteiger partial charge in [-0.15, -0.1) is 6.42 Å². The van der Waals surface area contributed by atoms with Crippen molar-refractivity contribution in [2.75, 3.05) is 19.6 Å². The smallest absolute Gasteiger partial charge is 0.225 e. The predicted octanol–water partition coefficient (Wildman–Crippen LogP) is -0.265. The summed E-state index contributed by atoms with van der Waals surface area (Å²) in [7, 11) is 0. The van der Waals surface area contributed by atoms with E-state index < -0.39 is 0 Å². The highest BCUT2D eigenvalue weighted by atomic mass is 16.1. The van der Waals surface area contributed by atoms with Crippen molar-refractivity contribution in [2.24, 2.45) is 5.92 Å². The molecule has 1 aliphatic rings. The lowest BCUT2D eigenvalue weighted by Crippen LogP contribution is -2.40. The quantitative estimate of drug-likeness (QED) is 0.555. The van der Waals surface area contributed by atoms with Crippen LogP contribution >= 0.6 is 0 Å². The Labute approximate surface area is 72.9 Å². The Hall–Kier alpha value is -1.01. The van der Waals surface area contributed by atoms with E-state index in [2.05, 4.69) is 16.6 Å². The summed E-state index contributed by atoms with van der Waals surface area (Å²) in [6.45, 7) is 2.16. The second-order valence-corrected chi connectivity index (χ2v) is 2.97. The van der Waals surface area contributed by atoms with Crippen LogP contribution in [0.25, 0.3) is 0 Å². The van der Waals surface area contributed by atoms with Crippen LogP contribution < -0.4 is 10.6 Å².